The molecule has 1 rings (SSSR count). The van der Waals surface area contributed by atoms with Crippen molar-refractivity contribution in [2.75, 3.05) is 6.61 Å². The molecular formula is C14H22BrNO. The van der Waals surface area contributed by atoms with Gasteiger partial charge in [-0.25, -0.2) is 0 Å². The van der Waals surface area contributed by atoms with Gasteiger partial charge in [0, 0.05) is 6.04 Å². The number of rotatable bonds is 7. The summed E-state index contributed by atoms with van der Waals surface area (Å²) in [5, 5.41) is 0. The molecule has 0 aliphatic heterocycles. The number of hydrogen-bond donors (Lipinski definition) is 1. The van der Waals surface area contributed by atoms with Crippen LogP contribution in [0.4, 0.5) is 0 Å². The van der Waals surface area contributed by atoms with E-state index in [2.05, 4.69) is 41.9 Å². The van der Waals surface area contributed by atoms with Crippen LogP contribution in [0.5, 0.6) is 5.75 Å². The van der Waals surface area contributed by atoms with Gasteiger partial charge in [-0.15, -0.1) is 0 Å². The largest absolute Gasteiger partial charge is 0.492 e. The second-order valence-electron chi connectivity index (χ2n) is 4.34. The van der Waals surface area contributed by atoms with Gasteiger partial charge in [-0.2, -0.15) is 0 Å². The summed E-state index contributed by atoms with van der Waals surface area (Å²) in [4.78, 5) is 0. The van der Waals surface area contributed by atoms with Crippen molar-refractivity contribution in [3.63, 3.8) is 0 Å². The standard InChI is InChI=1S/C14H22BrNO/c1-3-5-8-17-14-7-6-11(10-13(14)15)9-12(16)4-2/h6-7,10,12H,3-5,8-9,16H2,1-2H3. The van der Waals surface area contributed by atoms with Crippen LogP contribution in [0.2, 0.25) is 0 Å². The van der Waals surface area contributed by atoms with Gasteiger partial charge >= 0.3 is 0 Å². The van der Waals surface area contributed by atoms with Crippen LogP contribution in [0.25, 0.3) is 0 Å². The first-order valence-electron chi connectivity index (χ1n) is 6.34. The summed E-state index contributed by atoms with van der Waals surface area (Å²) in [6.07, 6.45) is 4.17. The molecule has 0 amide bonds. The van der Waals surface area contributed by atoms with Crippen LogP contribution in [-0.4, -0.2) is 12.6 Å². The van der Waals surface area contributed by atoms with Crippen LogP contribution in [0.15, 0.2) is 22.7 Å². The minimum Gasteiger partial charge on any atom is -0.492 e. The Hall–Kier alpha value is -0.540. The van der Waals surface area contributed by atoms with Gasteiger partial charge in [0.1, 0.15) is 5.75 Å². The zero-order chi connectivity index (χ0) is 12.7. The van der Waals surface area contributed by atoms with Crippen molar-refractivity contribution < 1.29 is 4.74 Å². The van der Waals surface area contributed by atoms with Crippen LogP contribution in [0, 0.1) is 0 Å². The van der Waals surface area contributed by atoms with Crippen molar-refractivity contribution in [3.8, 4) is 5.75 Å². The molecule has 17 heavy (non-hydrogen) atoms. The molecule has 0 saturated heterocycles. The molecule has 0 aliphatic carbocycles. The molecule has 0 heterocycles. The van der Waals surface area contributed by atoms with E-state index in [-0.39, 0.29) is 6.04 Å². The normalized spacial score (nSPS) is 12.5. The van der Waals surface area contributed by atoms with E-state index in [4.69, 9.17) is 10.5 Å². The Kier molecular flexibility index (Phi) is 6.60. The SMILES string of the molecule is CCCCOc1ccc(CC(N)CC)cc1Br. The maximum atomic E-state index is 5.94. The first-order valence-corrected chi connectivity index (χ1v) is 7.13. The van der Waals surface area contributed by atoms with E-state index in [9.17, 15) is 0 Å². The summed E-state index contributed by atoms with van der Waals surface area (Å²) in [6.45, 7) is 5.05. The smallest absolute Gasteiger partial charge is 0.133 e. The molecule has 1 atom stereocenters. The molecule has 0 aromatic heterocycles. The predicted molar refractivity (Wildman–Crippen MR) is 76.5 cm³/mol. The topological polar surface area (TPSA) is 35.2 Å². The number of benzene rings is 1. The second-order valence-corrected chi connectivity index (χ2v) is 5.19. The Morgan fingerprint density at radius 1 is 1.35 bits per heavy atom. The lowest BCUT2D eigenvalue weighted by Crippen LogP contribution is -2.21. The highest BCUT2D eigenvalue weighted by Crippen LogP contribution is 2.26. The molecule has 0 spiro atoms. The Morgan fingerprint density at radius 3 is 2.71 bits per heavy atom. The molecule has 1 unspecified atom stereocenters. The van der Waals surface area contributed by atoms with Gasteiger partial charge < -0.3 is 10.5 Å². The number of unbranched alkanes of at least 4 members (excludes halogenated alkanes) is 1. The van der Waals surface area contributed by atoms with E-state index < -0.39 is 0 Å². The third-order valence-electron chi connectivity index (χ3n) is 2.77. The van der Waals surface area contributed by atoms with Crippen LogP contribution in [0.1, 0.15) is 38.7 Å². The molecule has 0 radical (unpaired) electrons. The van der Waals surface area contributed by atoms with E-state index >= 15 is 0 Å². The average molecular weight is 300 g/mol. The summed E-state index contributed by atoms with van der Waals surface area (Å²) in [5.41, 5.74) is 7.20. The fourth-order valence-electron chi connectivity index (χ4n) is 1.56. The third kappa shape index (κ3) is 5.09. The highest BCUT2D eigenvalue weighted by molar-refractivity contribution is 9.10. The van der Waals surface area contributed by atoms with Crippen molar-refractivity contribution >= 4 is 15.9 Å². The molecule has 2 nitrogen and oxygen atoms in total. The van der Waals surface area contributed by atoms with Crippen molar-refractivity contribution in [3.05, 3.63) is 28.2 Å². The van der Waals surface area contributed by atoms with Crippen molar-refractivity contribution in [2.45, 2.75) is 45.6 Å². The quantitative estimate of drug-likeness (QED) is 0.775. The first kappa shape index (κ1) is 14.5. The summed E-state index contributed by atoms with van der Waals surface area (Å²) in [7, 11) is 0. The lowest BCUT2D eigenvalue weighted by atomic mass is 10.0. The number of hydrogen-bond acceptors (Lipinski definition) is 2. The number of nitrogens with two attached hydrogens (primary N) is 1. The Balaban J connectivity index is 2.59. The van der Waals surface area contributed by atoms with E-state index in [1.807, 2.05) is 6.07 Å². The minimum atomic E-state index is 0.244. The van der Waals surface area contributed by atoms with Gasteiger partial charge in [-0.05, 0) is 52.9 Å². The fraction of sp³-hybridized carbons (Fsp3) is 0.571. The van der Waals surface area contributed by atoms with E-state index in [0.717, 1.165) is 42.5 Å². The van der Waals surface area contributed by atoms with E-state index in [1.54, 1.807) is 0 Å². The van der Waals surface area contributed by atoms with E-state index in [1.165, 1.54) is 5.56 Å². The Morgan fingerprint density at radius 2 is 2.12 bits per heavy atom. The molecule has 0 bridgehead atoms. The average Bonchev–Trinajstić information content (AvgIpc) is 2.32. The molecule has 1 aromatic carbocycles. The van der Waals surface area contributed by atoms with Gasteiger partial charge in [0.15, 0.2) is 0 Å². The Bertz CT molecular complexity index is 341. The molecule has 0 saturated carbocycles. The number of halogens is 1. The van der Waals surface area contributed by atoms with E-state index in [0.29, 0.717) is 0 Å². The van der Waals surface area contributed by atoms with Crippen molar-refractivity contribution in [1.82, 2.24) is 0 Å². The summed E-state index contributed by atoms with van der Waals surface area (Å²) < 4.78 is 6.71. The van der Waals surface area contributed by atoms with Gasteiger partial charge in [-0.1, -0.05) is 26.3 Å². The molecule has 0 aliphatic rings. The van der Waals surface area contributed by atoms with Crippen molar-refractivity contribution in [1.29, 1.82) is 0 Å². The maximum absolute atomic E-state index is 5.94. The van der Waals surface area contributed by atoms with Gasteiger partial charge in [0.25, 0.3) is 0 Å². The summed E-state index contributed by atoms with van der Waals surface area (Å²) >= 11 is 3.55. The minimum absolute atomic E-state index is 0.244. The first-order chi connectivity index (χ1) is 8.17. The summed E-state index contributed by atoms with van der Waals surface area (Å²) in [6, 6.07) is 6.48. The molecule has 2 N–H and O–H groups in total. The van der Waals surface area contributed by atoms with Crippen LogP contribution in [0.3, 0.4) is 0 Å². The predicted octanol–water partition coefficient (Wildman–Crippen LogP) is 3.91. The molecule has 96 valence electrons. The third-order valence-corrected chi connectivity index (χ3v) is 3.39. The zero-order valence-corrected chi connectivity index (χ0v) is 12.3. The van der Waals surface area contributed by atoms with Gasteiger partial charge in [-0.3, -0.25) is 0 Å². The van der Waals surface area contributed by atoms with Gasteiger partial charge in [0.05, 0.1) is 11.1 Å². The molecular weight excluding hydrogens is 278 g/mol. The van der Waals surface area contributed by atoms with Crippen LogP contribution >= 0.6 is 15.9 Å². The highest BCUT2D eigenvalue weighted by atomic mass is 79.9. The monoisotopic (exact) mass is 299 g/mol. The second kappa shape index (κ2) is 7.72. The molecule has 1 aromatic rings. The summed E-state index contributed by atoms with van der Waals surface area (Å²) in [5.74, 6) is 0.923. The van der Waals surface area contributed by atoms with Crippen LogP contribution in [-0.2, 0) is 6.42 Å². The lowest BCUT2D eigenvalue weighted by Gasteiger charge is -2.12. The fourth-order valence-corrected chi connectivity index (χ4v) is 2.10. The lowest BCUT2D eigenvalue weighted by molar-refractivity contribution is 0.307. The van der Waals surface area contributed by atoms with Gasteiger partial charge in [0.2, 0.25) is 0 Å². The number of ether oxygens (including phenoxy) is 1. The Labute approximate surface area is 113 Å². The maximum Gasteiger partial charge on any atom is 0.133 e. The molecule has 3 heteroatoms. The highest BCUT2D eigenvalue weighted by Gasteiger charge is 2.05. The van der Waals surface area contributed by atoms with Crippen molar-refractivity contribution in [2.24, 2.45) is 5.73 Å². The van der Waals surface area contributed by atoms with Crippen LogP contribution < -0.4 is 10.5 Å². The zero-order valence-electron chi connectivity index (χ0n) is 10.7. The molecule has 0 fully saturated rings.